The highest BCUT2D eigenvalue weighted by Gasteiger charge is 2.08. The van der Waals surface area contributed by atoms with E-state index in [-0.39, 0.29) is 5.91 Å². The van der Waals surface area contributed by atoms with E-state index in [0.717, 1.165) is 0 Å². The zero-order valence-electron chi connectivity index (χ0n) is 7.61. The molecular formula is C9H12N2OS. The fourth-order valence-corrected chi connectivity index (χ4v) is 1.15. The third-order valence-corrected chi connectivity index (χ3v) is 2.07. The smallest absolute Gasteiger partial charge is 0.253 e. The number of hydrogen-bond donors (Lipinski definition) is 2. The van der Waals surface area contributed by atoms with Gasteiger partial charge in [0.1, 0.15) is 0 Å². The normalized spacial score (nSPS) is 9.77. The van der Waals surface area contributed by atoms with Gasteiger partial charge in [-0.15, -0.1) is 12.6 Å². The van der Waals surface area contributed by atoms with Crippen molar-refractivity contribution in [3.8, 4) is 0 Å². The van der Waals surface area contributed by atoms with Crippen molar-refractivity contribution in [2.75, 3.05) is 19.8 Å². The molecule has 0 aliphatic carbocycles. The molecule has 0 aliphatic heterocycles. The van der Waals surface area contributed by atoms with Crippen molar-refractivity contribution in [3.63, 3.8) is 0 Å². The Kier molecular flexibility index (Phi) is 2.83. The molecule has 0 heterocycles. The number of benzene rings is 1. The minimum Gasteiger partial charge on any atom is -0.398 e. The Morgan fingerprint density at radius 2 is 2.08 bits per heavy atom. The van der Waals surface area contributed by atoms with Crippen LogP contribution in [0.4, 0.5) is 5.69 Å². The zero-order valence-corrected chi connectivity index (χ0v) is 8.51. The fraction of sp³-hybridized carbons (Fsp3) is 0.222. The molecule has 0 fully saturated rings. The van der Waals surface area contributed by atoms with E-state index in [1.165, 1.54) is 4.90 Å². The molecule has 0 aromatic heterocycles. The minimum absolute atomic E-state index is 0.0460. The van der Waals surface area contributed by atoms with Crippen molar-refractivity contribution in [2.45, 2.75) is 4.90 Å². The first-order valence-corrected chi connectivity index (χ1v) is 4.27. The zero-order chi connectivity index (χ0) is 10.0. The summed E-state index contributed by atoms with van der Waals surface area (Å²) >= 11 is 4.13. The molecule has 13 heavy (non-hydrogen) atoms. The third kappa shape index (κ3) is 2.15. The van der Waals surface area contributed by atoms with Crippen molar-refractivity contribution < 1.29 is 4.79 Å². The number of carbonyl (C=O) groups excluding carboxylic acids is 1. The summed E-state index contributed by atoms with van der Waals surface area (Å²) in [6.07, 6.45) is 0. The van der Waals surface area contributed by atoms with Gasteiger partial charge in [-0.25, -0.2) is 0 Å². The first-order valence-electron chi connectivity index (χ1n) is 3.82. The second-order valence-electron chi connectivity index (χ2n) is 2.97. The van der Waals surface area contributed by atoms with Gasteiger partial charge in [-0.2, -0.15) is 0 Å². The molecule has 0 radical (unpaired) electrons. The van der Waals surface area contributed by atoms with Crippen LogP contribution in [0.2, 0.25) is 0 Å². The van der Waals surface area contributed by atoms with Crippen LogP contribution in [0.5, 0.6) is 0 Å². The van der Waals surface area contributed by atoms with Crippen LogP contribution >= 0.6 is 12.6 Å². The lowest BCUT2D eigenvalue weighted by Crippen LogP contribution is -2.21. The fourth-order valence-electron chi connectivity index (χ4n) is 0.935. The van der Waals surface area contributed by atoms with E-state index < -0.39 is 0 Å². The van der Waals surface area contributed by atoms with E-state index in [9.17, 15) is 4.79 Å². The number of nitrogens with two attached hydrogens (primary N) is 1. The van der Waals surface area contributed by atoms with Gasteiger partial charge < -0.3 is 10.6 Å². The topological polar surface area (TPSA) is 46.3 Å². The van der Waals surface area contributed by atoms with Gasteiger partial charge in [0.25, 0.3) is 5.91 Å². The average Bonchev–Trinajstić information content (AvgIpc) is 2.08. The molecule has 1 aromatic rings. The predicted molar refractivity (Wildman–Crippen MR) is 56.1 cm³/mol. The summed E-state index contributed by atoms with van der Waals surface area (Å²) in [5.74, 6) is -0.0460. The molecule has 0 aliphatic rings. The number of hydrogen-bond acceptors (Lipinski definition) is 3. The van der Waals surface area contributed by atoms with Crippen LogP contribution < -0.4 is 5.73 Å². The van der Waals surface area contributed by atoms with E-state index in [4.69, 9.17) is 5.73 Å². The van der Waals surface area contributed by atoms with Crippen LogP contribution in [-0.4, -0.2) is 24.9 Å². The van der Waals surface area contributed by atoms with Crippen LogP contribution in [0.25, 0.3) is 0 Å². The van der Waals surface area contributed by atoms with Crippen molar-refractivity contribution in [2.24, 2.45) is 0 Å². The molecule has 1 amide bonds. The van der Waals surface area contributed by atoms with Crippen LogP contribution in [-0.2, 0) is 0 Å². The van der Waals surface area contributed by atoms with Crippen LogP contribution in [0.15, 0.2) is 23.1 Å². The van der Waals surface area contributed by atoms with E-state index >= 15 is 0 Å². The number of anilines is 1. The molecule has 0 saturated heterocycles. The lowest BCUT2D eigenvalue weighted by Gasteiger charge is -2.10. The summed E-state index contributed by atoms with van der Waals surface area (Å²) < 4.78 is 0. The summed E-state index contributed by atoms with van der Waals surface area (Å²) in [7, 11) is 3.41. The molecule has 70 valence electrons. The molecule has 1 aromatic carbocycles. The highest BCUT2D eigenvalue weighted by molar-refractivity contribution is 7.80. The Bertz CT molecular complexity index is 336. The number of nitrogens with zero attached hydrogens (tertiary/aromatic N) is 1. The van der Waals surface area contributed by atoms with Crippen molar-refractivity contribution in [1.82, 2.24) is 4.90 Å². The molecule has 4 heteroatoms. The van der Waals surface area contributed by atoms with Crippen LogP contribution in [0, 0.1) is 0 Å². The SMILES string of the molecule is CN(C)C(=O)c1ccc(N)c(S)c1. The molecule has 3 nitrogen and oxygen atoms in total. The maximum Gasteiger partial charge on any atom is 0.253 e. The van der Waals surface area contributed by atoms with Crippen LogP contribution in [0.3, 0.4) is 0 Å². The van der Waals surface area contributed by atoms with E-state index in [1.54, 1.807) is 32.3 Å². The first-order chi connectivity index (χ1) is 6.02. The summed E-state index contributed by atoms with van der Waals surface area (Å²) in [6, 6.07) is 5.04. The molecular weight excluding hydrogens is 184 g/mol. The second-order valence-corrected chi connectivity index (χ2v) is 3.45. The van der Waals surface area contributed by atoms with E-state index in [2.05, 4.69) is 12.6 Å². The summed E-state index contributed by atoms with van der Waals surface area (Å²) in [5.41, 5.74) is 6.75. The number of rotatable bonds is 1. The van der Waals surface area contributed by atoms with E-state index in [1.807, 2.05) is 0 Å². The minimum atomic E-state index is -0.0460. The van der Waals surface area contributed by atoms with Crippen molar-refractivity contribution in [3.05, 3.63) is 23.8 Å². The molecule has 2 N–H and O–H groups in total. The van der Waals surface area contributed by atoms with Crippen molar-refractivity contribution >= 4 is 24.2 Å². The highest BCUT2D eigenvalue weighted by Crippen LogP contribution is 2.18. The van der Waals surface area contributed by atoms with Gasteiger partial charge in [-0.3, -0.25) is 4.79 Å². The maximum absolute atomic E-state index is 11.5. The Morgan fingerprint density at radius 3 is 2.54 bits per heavy atom. The lowest BCUT2D eigenvalue weighted by atomic mass is 10.2. The Labute approximate surface area is 82.9 Å². The van der Waals surface area contributed by atoms with Crippen LogP contribution in [0.1, 0.15) is 10.4 Å². The molecule has 0 bridgehead atoms. The Morgan fingerprint density at radius 1 is 1.46 bits per heavy atom. The van der Waals surface area contributed by atoms with Gasteiger partial charge >= 0.3 is 0 Å². The maximum atomic E-state index is 11.5. The number of nitrogen functional groups attached to an aromatic ring is 1. The quantitative estimate of drug-likeness (QED) is 0.524. The lowest BCUT2D eigenvalue weighted by molar-refractivity contribution is 0.0827. The third-order valence-electron chi connectivity index (χ3n) is 1.68. The largest absolute Gasteiger partial charge is 0.398 e. The van der Waals surface area contributed by atoms with Gasteiger partial charge in [-0.05, 0) is 18.2 Å². The number of thiol groups is 1. The van der Waals surface area contributed by atoms with Gasteiger partial charge in [0.2, 0.25) is 0 Å². The van der Waals surface area contributed by atoms with Gasteiger partial charge in [0, 0.05) is 30.2 Å². The molecule has 0 saturated carbocycles. The first kappa shape index (κ1) is 9.92. The highest BCUT2D eigenvalue weighted by atomic mass is 32.1. The predicted octanol–water partition coefficient (Wildman–Crippen LogP) is 1.26. The Balaban J connectivity index is 3.04. The summed E-state index contributed by atoms with van der Waals surface area (Å²) in [5, 5.41) is 0. The number of carbonyl (C=O) groups is 1. The number of amides is 1. The average molecular weight is 196 g/mol. The van der Waals surface area contributed by atoms with E-state index in [0.29, 0.717) is 16.1 Å². The standard InChI is InChI=1S/C9H12N2OS/c1-11(2)9(12)6-3-4-7(10)8(13)5-6/h3-5,13H,10H2,1-2H3. The molecule has 0 atom stereocenters. The molecule has 0 unspecified atom stereocenters. The monoisotopic (exact) mass is 196 g/mol. The van der Waals surface area contributed by atoms with Gasteiger partial charge in [0.15, 0.2) is 0 Å². The van der Waals surface area contributed by atoms with Crippen molar-refractivity contribution in [1.29, 1.82) is 0 Å². The van der Waals surface area contributed by atoms with Gasteiger partial charge in [-0.1, -0.05) is 0 Å². The van der Waals surface area contributed by atoms with Gasteiger partial charge in [0.05, 0.1) is 0 Å². The second kappa shape index (κ2) is 3.70. The molecule has 1 rings (SSSR count). The Hall–Kier alpha value is -1.16. The summed E-state index contributed by atoms with van der Waals surface area (Å²) in [4.78, 5) is 13.6. The molecule has 0 spiro atoms. The summed E-state index contributed by atoms with van der Waals surface area (Å²) in [6.45, 7) is 0.